The van der Waals surface area contributed by atoms with Gasteiger partial charge in [0, 0.05) is 0 Å². The normalized spacial score (nSPS) is 17.1. The highest BCUT2D eigenvalue weighted by Crippen LogP contribution is 2.40. The first-order valence-electron chi connectivity index (χ1n) is 6.40. The zero-order valence-electron chi connectivity index (χ0n) is 10.6. The highest BCUT2D eigenvalue weighted by molar-refractivity contribution is 5.44. The maximum atomic E-state index is 5.23. The predicted octanol–water partition coefficient (Wildman–Crippen LogP) is 3.35. The second-order valence-corrected chi connectivity index (χ2v) is 4.84. The Hall–Kier alpha value is -1.77. The van der Waals surface area contributed by atoms with Crippen molar-refractivity contribution in [1.82, 2.24) is 4.98 Å². The highest BCUT2D eigenvalue weighted by atomic mass is 16.5. The molecule has 0 spiro atoms. The van der Waals surface area contributed by atoms with E-state index >= 15 is 0 Å². The van der Waals surface area contributed by atoms with Crippen LogP contribution >= 0.6 is 0 Å². The summed E-state index contributed by atoms with van der Waals surface area (Å²) in [6.45, 7) is 0. The molecule has 94 valence electrons. The highest BCUT2D eigenvalue weighted by Gasteiger charge is 2.25. The third-order valence-electron chi connectivity index (χ3n) is 3.73. The molecule has 0 aliphatic heterocycles. The van der Waals surface area contributed by atoms with Gasteiger partial charge in [-0.25, -0.2) is 4.98 Å². The smallest absolute Gasteiger partial charge is 0.180 e. The molecule has 0 saturated heterocycles. The van der Waals surface area contributed by atoms with Crippen LogP contribution in [-0.4, -0.2) is 12.1 Å². The molecular weight excluding hydrogens is 226 g/mol. The number of hydrogen-bond donors (Lipinski definition) is 0. The lowest BCUT2D eigenvalue weighted by Gasteiger charge is -2.30. The van der Waals surface area contributed by atoms with Crippen LogP contribution in [0.25, 0.3) is 0 Å². The fraction of sp³-hybridized carbons (Fsp3) is 0.400. The second kappa shape index (κ2) is 4.84. The van der Waals surface area contributed by atoms with Gasteiger partial charge in [0.25, 0.3) is 0 Å². The molecule has 2 aromatic rings. The van der Waals surface area contributed by atoms with Crippen LogP contribution in [0.5, 0.6) is 5.75 Å². The van der Waals surface area contributed by atoms with Gasteiger partial charge in [-0.15, -0.1) is 0 Å². The Morgan fingerprint density at radius 2 is 2.39 bits per heavy atom. The van der Waals surface area contributed by atoms with Gasteiger partial charge in [0.1, 0.15) is 12.0 Å². The summed E-state index contributed by atoms with van der Waals surface area (Å²) in [5.74, 6) is 1.69. The Bertz CT molecular complexity index is 519. The Balaban J connectivity index is 1.53. The maximum Gasteiger partial charge on any atom is 0.180 e. The third-order valence-corrected chi connectivity index (χ3v) is 3.73. The number of methoxy groups -OCH3 is 1. The molecule has 3 nitrogen and oxygen atoms in total. The van der Waals surface area contributed by atoms with Crippen molar-refractivity contribution >= 4 is 0 Å². The number of benzene rings is 1. The van der Waals surface area contributed by atoms with Crippen LogP contribution in [0.1, 0.15) is 35.6 Å². The molecule has 1 aliphatic carbocycles. The van der Waals surface area contributed by atoms with Crippen molar-refractivity contribution in [2.45, 2.75) is 31.6 Å². The number of nitrogens with zero attached hydrogens (tertiary/aromatic N) is 1. The first-order chi connectivity index (χ1) is 8.86. The van der Waals surface area contributed by atoms with Crippen molar-refractivity contribution in [3.63, 3.8) is 0 Å². The number of hydrogen-bond acceptors (Lipinski definition) is 3. The fourth-order valence-electron chi connectivity index (χ4n) is 2.68. The van der Waals surface area contributed by atoms with Crippen LogP contribution in [0.15, 0.2) is 35.3 Å². The lowest BCUT2D eigenvalue weighted by Crippen LogP contribution is -2.17. The molecule has 0 fully saturated rings. The maximum absolute atomic E-state index is 5.23. The summed E-state index contributed by atoms with van der Waals surface area (Å²) >= 11 is 0. The van der Waals surface area contributed by atoms with Gasteiger partial charge in [0.05, 0.1) is 12.8 Å². The number of ether oxygens (including phenoxy) is 1. The molecule has 0 N–H and O–H groups in total. The zero-order valence-corrected chi connectivity index (χ0v) is 10.6. The van der Waals surface area contributed by atoms with Crippen molar-refractivity contribution < 1.29 is 9.15 Å². The molecule has 1 unspecified atom stereocenters. The van der Waals surface area contributed by atoms with Gasteiger partial charge in [-0.1, -0.05) is 6.07 Å². The van der Waals surface area contributed by atoms with Crippen LogP contribution in [0, 0.1) is 0 Å². The van der Waals surface area contributed by atoms with Crippen molar-refractivity contribution in [2.75, 3.05) is 7.11 Å². The summed E-state index contributed by atoms with van der Waals surface area (Å²) in [5, 5.41) is 0. The quantitative estimate of drug-likeness (QED) is 0.807. The molecule has 0 bridgehead atoms. The molecule has 1 aliphatic rings. The topological polar surface area (TPSA) is 35.3 Å². The van der Waals surface area contributed by atoms with Crippen molar-refractivity contribution in [3.8, 4) is 5.75 Å². The Labute approximate surface area is 107 Å². The molecule has 1 atom stereocenters. The van der Waals surface area contributed by atoms with Gasteiger partial charge in [0.2, 0.25) is 0 Å². The minimum Gasteiger partial charge on any atom is -0.497 e. The fourth-order valence-corrected chi connectivity index (χ4v) is 2.68. The summed E-state index contributed by atoms with van der Waals surface area (Å²) in [5.41, 5.74) is 4.00. The summed E-state index contributed by atoms with van der Waals surface area (Å²) in [6, 6.07) is 6.42. The second-order valence-electron chi connectivity index (χ2n) is 4.84. The zero-order chi connectivity index (χ0) is 12.4. The van der Waals surface area contributed by atoms with Gasteiger partial charge in [-0.2, -0.15) is 0 Å². The largest absolute Gasteiger partial charge is 0.497 e. The number of aryl methyl sites for hydroxylation is 1. The minimum atomic E-state index is 0.720. The van der Waals surface area contributed by atoms with Crippen molar-refractivity contribution in [3.05, 3.63) is 47.7 Å². The Morgan fingerprint density at radius 1 is 1.44 bits per heavy atom. The number of fused-ring (bicyclic) bond motifs is 1. The van der Waals surface area contributed by atoms with Gasteiger partial charge in [0.15, 0.2) is 6.39 Å². The summed E-state index contributed by atoms with van der Waals surface area (Å²) < 4.78 is 10.2. The first-order valence-corrected chi connectivity index (χ1v) is 6.40. The van der Waals surface area contributed by atoms with E-state index in [4.69, 9.17) is 9.15 Å². The van der Waals surface area contributed by atoms with Gasteiger partial charge < -0.3 is 9.15 Å². The van der Waals surface area contributed by atoms with E-state index in [1.54, 1.807) is 13.4 Å². The van der Waals surface area contributed by atoms with Crippen LogP contribution < -0.4 is 4.74 Å². The molecule has 1 aromatic carbocycles. The molecule has 1 aromatic heterocycles. The summed E-state index contributed by atoms with van der Waals surface area (Å²) in [6.07, 6.45) is 7.83. The third kappa shape index (κ3) is 2.13. The van der Waals surface area contributed by atoms with E-state index in [0.717, 1.165) is 23.8 Å². The monoisotopic (exact) mass is 243 g/mol. The van der Waals surface area contributed by atoms with Crippen LogP contribution in [-0.2, 0) is 12.8 Å². The van der Waals surface area contributed by atoms with E-state index in [-0.39, 0.29) is 0 Å². The number of oxazole rings is 1. The molecule has 3 rings (SSSR count). The SMILES string of the molecule is COc1ccc2c(c1)CC2CCCc1cocn1. The van der Waals surface area contributed by atoms with Gasteiger partial charge >= 0.3 is 0 Å². The van der Waals surface area contributed by atoms with E-state index in [0.29, 0.717) is 0 Å². The lowest BCUT2D eigenvalue weighted by molar-refractivity contribution is 0.411. The first kappa shape index (κ1) is 11.3. The molecular formula is C15H17NO2. The van der Waals surface area contributed by atoms with Crippen LogP contribution in [0.2, 0.25) is 0 Å². The average molecular weight is 243 g/mol. The molecule has 1 heterocycles. The van der Waals surface area contributed by atoms with Gasteiger partial charge in [-0.3, -0.25) is 0 Å². The predicted molar refractivity (Wildman–Crippen MR) is 68.9 cm³/mol. The minimum absolute atomic E-state index is 0.720. The molecule has 0 saturated carbocycles. The van der Waals surface area contributed by atoms with Crippen molar-refractivity contribution in [2.24, 2.45) is 0 Å². The molecule has 0 amide bonds. The van der Waals surface area contributed by atoms with Crippen LogP contribution in [0.3, 0.4) is 0 Å². The Kier molecular flexibility index (Phi) is 3.05. The Morgan fingerprint density at radius 3 is 3.11 bits per heavy atom. The molecule has 3 heteroatoms. The van der Waals surface area contributed by atoms with Crippen LogP contribution in [0.4, 0.5) is 0 Å². The molecule has 0 radical (unpaired) electrons. The summed E-state index contributed by atoms with van der Waals surface area (Å²) in [7, 11) is 1.72. The number of aromatic nitrogens is 1. The summed E-state index contributed by atoms with van der Waals surface area (Å²) in [4.78, 5) is 4.14. The average Bonchev–Trinajstić information content (AvgIpc) is 2.87. The lowest BCUT2D eigenvalue weighted by atomic mass is 9.75. The molecule has 18 heavy (non-hydrogen) atoms. The van der Waals surface area contributed by atoms with E-state index in [1.807, 2.05) is 0 Å². The number of rotatable bonds is 5. The van der Waals surface area contributed by atoms with Crippen molar-refractivity contribution in [1.29, 1.82) is 0 Å². The van der Waals surface area contributed by atoms with E-state index in [9.17, 15) is 0 Å². The van der Waals surface area contributed by atoms with E-state index < -0.39 is 0 Å². The van der Waals surface area contributed by atoms with Gasteiger partial charge in [-0.05, 0) is 54.9 Å². The standard InChI is InChI=1S/C15H17NO2/c1-17-14-5-6-15-11(7-12(15)8-14)3-2-4-13-9-18-10-16-13/h5-6,8-11H,2-4,7H2,1H3. The van der Waals surface area contributed by atoms with E-state index in [2.05, 4.69) is 23.2 Å². The van der Waals surface area contributed by atoms with E-state index in [1.165, 1.54) is 36.8 Å².